The van der Waals surface area contributed by atoms with Gasteiger partial charge in [0.15, 0.2) is 6.61 Å². The van der Waals surface area contributed by atoms with Gasteiger partial charge < -0.3 is 9.84 Å². The molecule has 0 saturated carbocycles. The van der Waals surface area contributed by atoms with Crippen LogP contribution in [0, 0.1) is 0 Å². The summed E-state index contributed by atoms with van der Waals surface area (Å²) in [6.07, 6.45) is -6.00. The zero-order valence-electron chi connectivity index (χ0n) is 13.8. The van der Waals surface area contributed by atoms with Gasteiger partial charge in [0, 0.05) is 5.02 Å². The summed E-state index contributed by atoms with van der Waals surface area (Å²) in [6, 6.07) is 14.0. The number of ether oxygens (including phenoxy) is 1. The number of rotatable bonds is 4. The van der Waals surface area contributed by atoms with Gasteiger partial charge in [-0.2, -0.15) is 23.3 Å². The van der Waals surface area contributed by atoms with Crippen molar-refractivity contribution in [3.8, 4) is 5.75 Å². The summed E-state index contributed by atoms with van der Waals surface area (Å²) < 4.78 is 45.7. The van der Waals surface area contributed by atoms with Crippen molar-refractivity contribution in [2.75, 3.05) is 6.61 Å². The van der Waals surface area contributed by atoms with Crippen LogP contribution >= 0.6 is 11.6 Å². The minimum Gasteiger partial charge on any atom is -0.484 e. The predicted molar refractivity (Wildman–Crippen MR) is 92.4 cm³/mol. The van der Waals surface area contributed by atoms with Crippen LogP contribution in [-0.4, -0.2) is 40.2 Å². The summed E-state index contributed by atoms with van der Waals surface area (Å²) in [4.78, 5) is 12.3. The summed E-state index contributed by atoms with van der Waals surface area (Å²) >= 11 is 5.78. The zero-order valence-corrected chi connectivity index (χ0v) is 14.5. The third-order valence-corrected chi connectivity index (χ3v) is 4.21. The average Bonchev–Trinajstić information content (AvgIpc) is 3.00. The number of halogens is 4. The number of hydrogen-bond donors (Lipinski definition) is 1. The second kappa shape index (κ2) is 7.21. The number of alkyl halides is 3. The van der Waals surface area contributed by atoms with Crippen molar-refractivity contribution in [3.05, 3.63) is 65.2 Å². The molecule has 142 valence electrons. The van der Waals surface area contributed by atoms with Crippen LogP contribution < -0.4 is 4.74 Å². The number of amides is 1. The third kappa shape index (κ3) is 3.91. The lowest BCUT2D eigenvalue weighted by molar-refractivity contribution is -0.302. The normalized spacial score (nSPS) is 19.7. The van der Waals surface area contributed by atoms with Crippen molar-refractivity contribution in [2.24, 2.45) is 5.10 Å². The Labute approximate surface area is 157 Å². The highest BCUT2D eigenvalue weighted by Gasteiger charge is 2.63. The summed E-state index contributed by atoms with van der Waals surface area (Å²) in [5, 5.41) is 14.4. The highest BCUT2D eigenvalue weighted by atomic mass is 35.5. The van der Waals surface area contributed by atoms with Crippen LogP contribution in [0.1, 0.15) is 12.0 Å². The molecule has 0 unspecified atom stereocenters. The Morgan fingerprint density at radius 3 is 2.41 bits per heavy atom. The van der Waals surface area contributed by atoms with E-state index in [2.05, 4.69) is 5.10 Å². The Bertz CT molecular complexity index is 856. The number of para-hydroxylation sites is 1. The molecule has 1 atom stereocenters. The Balaban J connectivity index is 1.85. The van der Waals surface area contributed by atoms with Gasteiger partial charge in [-0.25, -0.2) is 0 Å². The van der Waals surface area contributed by atoms with Crippen molar-refractivity contribution in [3.63, 3.8) is 0 Å². The van der Waals surface area contributed by atoms with Crippen molar-refractivity contribution in [2.45, 2.75) is 18.3 Å². The molecular formula is C18H14ClF3N2O3. The molecule has 1 N–H and O–H groups in total. The van der Waals surface area contributed by atoms with Crippen molar-refractivity contribution in [1.82, 2.24) is 5.01 Å². The lowest BCUT2D eigenvalue weighted by Gasteiger charge is -2.32. The number of nitrogens with zero attached hydrogens (tertiary/aromatic N) is 2. The van der Waals surface area contributed by atoms with E-state index in [-0.39, 0.29) is 10.7 Å². The second-order valence-corrected chi connectivity index (χ2v) is 6.29. The molecule has 0 fully saturated rings. The molecule has 0 bridgehead atoms. The first-order valence-electron chi connectivity index (χ1n) is 7.84. The van der Waals surface area contributed by atoms with Crippen LogP contribution in [0.25, 0.3) is 0 Å². The van der Waals surface area contributed by atoms with E-state index in [0.717, 1.165) is 0 Å². The van der Waals surface area contributed by atoms with Crippen LogP contribution in [0.3, 0.4) is 0 Å². The fourth-order valence-electron chi connectivity index (χ4n) is 2.55. The number of hydrazone groups is 1. The minimum absolute atomic E-state index is 0.0415. The molecule has 1 amide bonds. The molecule has 9 heteroatoms. The largest absolute Gasteiger partial charge is 0.484 e. The van der Waals surface area contributed by atoms with Crippen LogP contribution in [0.5, 0.6) is 5.75 Å². The molecule has 1 aliphatic heterocycles. The Kier molecular flexibility index (Phi) is 5.12. The van der Waals surface area contributed by atoms with Gasteiger partial charge in [0.05, 0.1) is 12.1 Å². The number of carbonyl (C=O) groups is 1. The molecule has 2 aromatic carbocycles. The molecule has 2 aromatic rings. The molecule has 1 aliphatic rings. The van der Waals surface area contributed by atoms with Gasteiger partial charge in [0.1, 0.15) is 5.75 Å². The van der Waals surface area contributed by atoms with Crippen LogP contribution in [0.15, 0.2) is 59.7 Å². The topological polar surface area (TPSA) is 62.1 Å². The Morgan fingerprint density at radius 2 is 1.81 bits per heavy atom. The minimum atomic E-state index is -5.10. The number of benzene rings is 2. The fraction of sp³-hybridized carbons (Fsp3) is 0.222. The van der Waals surface area contributed by atoms with E-state index < -0.39 is 30.8 Å². The SMILES string of the molecule is O=C(COc1ccccc1)N1N=C(c2ccc(Cl)cc2)C[C@@]1(O)C(F)(F)F. The highest BCUT2D eigenvalue weighted by molar-refractivity contribution is 6.30. The van der Waals surface area contributed by atoms with Gasteiger partial charge in [-0.1, -0.05) is 41.9 Å². The summed E-state index contributed by atoms with van der Waals surface area (Å²) in [5.74, 6) is -0.815. The Morgan fingerprint density at radius 1 is 1.19 bits per heavy atom. The summed E-state index contributed by atoms with van der Waals surface area (Å²) in [7, 11) is 0. The molecule has 0 saturated heterocycles. The predicted octanol–water partition coefficient (Wildman–Crippen LogP) is 3.61. The molecule has 3 rings (SSSR count). The van der Waals surface area contributed by atoms with Gasteiger partial charge >= 0.3 is 6.18 Å². The first kappa shape index (κ1) is 19.2. The smallest absolute Gasteiger partial charge is 0.438 e. The van der Waals surface area contributed by atoms with E-state index in [9.17, 15) is 23.1 Å². The van der Waals surface area contributed by atoms with Crippen LogP contribution in [-0.2, 0) is 4.79 Å². The first-order chi connectivity index (χ1) is 12.7. The van der Waals surface area contributed by atoms with Gasteiger partial charge in [-0.05, 0) is 29.8 Å². The molecule has 27 heavy (non-hydrogen) atoms. The van der Waals surface area contributed by atoms with E-state index in [1.165, 1.54) is 24.3 Å². The highest BCUT2D eigenvalue weighted by Crippen LogP contribution is 2.41. The molecule has 0 aromatic heterocycles. The maximum absolute atomic E-state index is 13.5. The van der Waals surface area contributed by atoms with E-state index in [1.807, 2.05) is 0 Å². The van der Waals surface area contributed by atoms with Gasteiger partial charge in [0.2, 0.25) is 0 Å². The van der Waals surface area contributed by atoms with Crippen molar-refractivity contribution >= 4 is 23.2 Å². The van der Waals surface area contributed by atoms with Crippen LogP contribution in [0.2, 0.25) is 5.02 Å². The molecular weight excluding hydrogens is 385 g/mol. The summed E-state index contributed by atoms with van der Waals surface area (Å²) in [5.41, 5.74) is -3.21. The lowest BCUT2D eigenvalue weighted by atomic mass is 10.0. The van der Waals surface area contributed by atoms with E-state index >= 15 is 0 Å². The number of aliphatic hydroxyl groups is 1. The maximum Gasteiger partial charge on any atom is 0.438 e. The summed E-state index contributed by atoms with van der Waals surface area (Å²) in [6.45, 7) is -0.709. The second-order valence-electron chi connectivity index (χ2n) is 5.85. The molecule has 0 aliphatic carbocycles. The molecule has 0 spiro atoms. The number of carbonyl (C=O) groups excluding carboxylic acids is 1. The third-order valence-electron chi connectivity index (χ3n) is 3.96. The standard InChI is InChI=1S/C18H14ClF3N2O3/c19-13-8-6-12(7-9-13)15-10-17(26,18(20,21)22)24(23-15)16(25)11-27-14-4-2-1-3-5-14/h1-9,26H,10-11H2/t17-/m1/s1. The molecule has 5 nitrogen and oxygen atoms in total. The first-order valence-corrected chi connectivity index (χ1v) is 8.22. The van der Waals surface area contributed by atoms with Crippen molar-refractivity contribution in [1.29, 1.82) is 0 Å². The van der Waals surface area contributed by atoms with E-state index in [0.29, 0.717) is 16.3 Å². The van der Waals surface area contributed by atoms with Gasteiger partial charge in [-0.15, -0.1) is 0 Å². The quantitative estimate of drug-likeness (QED) is 0.856. The maximum atomic E-state index is 13.5. The molecule has 0 radical (unpaired) electrons. The Hall–Kier alpha value is -2.58. The van der Waals surface area contributed by atoms with Gasteiger partial charge in [-0.3, -0.25) is 4.79 Å². The van der Waals surface area contributed by atoms with Gasteiger partial charge in [0.25, 0.3) is 11.6 Å². The fourth-order valence-corrected chi connectivity index (χ4v) is 2.68. The van der Waals surface area contributed by atoms with E-state index in [4.69, 9.17) is 16.3 Å². The molecule has 1 heterocycles. The number of hydrogen-bond acceptors (Lipinski definition) is 4. The van der Waals surface area contributed by atoms with Crippen molar-refractivity contribution < 1.29 is 27.8 Å². The monoisotopic (exact) mass is 398 g/mol. The zero-order chi connectivity index (χ0) is 19.7. The average molecular weight is 399 g/mol. The lowest BCUT2D eigenvalue weighted by Crippen LogP contribution is -2.57. The van der Waals surface area contributed by atoms with Crippen LogP contribution in [0.4, 0.5) is 13.2 Å². The van der Waals surface area contributed by atoms with E-state index in [1.54, 1.807) is 30.3 Å².